The van der Waals surface area contributed by atoms with Crippen LogP contribution >= 0.6 is 11.8 Å². The predicted octanol–water partition coefficient (Wildman–Crippen LogP) is 3.75. The molecule has 0 aliphatic heterocycles. The van der Waals surface area contributed by atoms with Gasteiger partial charge in [-0.25, -0.2) is 0 Å². The van der Waals surface area contributed by atoms with Gasteiger partial charge in [-0.15, -0.1) is 11.8 Å². The third-order valence-corrected chi connectivity index (χ3v) is 2.68. The van der Waals surface area contributed by atoms with Crippen molar-refractivity contribution in [3.8, 4) is 0 Å². The lowest BCUT2D eigenvalue weighted by atomic mass is 10.1. The maximum atomic E-state index is 3.83. The van der Waals surface area contributed by atoms with Gasteiger partial charge in [-0.2, -0.15) is 0 Å². The third-order valence-electron chi connectivity index (χ3n) is 1.93. The first-order chi connectivity index (χ1) is 4.93. The van der Waals surface area contributed by atoms with E-state index in [-0.39, 0.29) is 0 Å². The van der Waals surface area contributed by atoms with Crippen LogP contribution in [0.5, 0.6) is 0 Å². The van der Waals surface area contributed by atoms with Gasteiger partial charge in [0.25, 0.3) is 0 Å². The second-order valence-corrected chi connectivity index (χ2v) is 3.58. The van der Waals surface area contributed by atoms with Crippen molar-refractivity contribution in [3.05, 3.63) is 17.2 Å². The summed E-state index contributed by atoms with van der Waals surface area (Å²) in [7, 11) is 0. The molecule has 1 aliphatic rings. The largest absolute Gasteiger partial charge is 0.130 e. The first-order valence-electron chi connectivity index (χ1n) is 4.04. The Bertz CT molecular complexity index is 116. The maximum absolute atomic E-state index is 3.83. The van der Waals surface area contributed by atoms with E-state index in [0.717, 1.165) is 0 Å². The Kier molecular flexibility index (Phi) is 3.96. The van der Waals surface area contributed by atoms with Gasteiger partial charge in [0.05, 0.1) is 0 Å². The van der Waals surface area contributed by atoms with Crippen molar-refractivity contribution in [3.63, 3.8) is 0 Å². The fourth-order valence-electron chi connectivity index (χ4n) is 1.29. The van der Waals surface area contributed by atoms with Crippen molar-refractivity contribution >= 4 is 11.8 Å². The number of hydrogen-bond donors (Lipinski definition) is 0. The Hall–Kier alpha value is 0.0900. The third kappa shape index (κ3) is 2.78. The minimum absolute atomic E-state index is 1.27. The summed E-state index contributed by atoms with van der Waals surface area (Å²) in [6, 6.07) is 0. The molecule has 0 saturated heterocycles. The molecule has 0 unspecified atom stereocenters. The second-order valence-electron chi connectivity index (χ2n) is 2.77. The average Bonchev–Trinajstić information content (AvgIpc) is 1.87. The van der Waals surface area contributed by atoms with Gasteiger partial charge in [0.1, 0.15) is 0 Å². The number of rotatable bonds is 1. The number of allylic oxidation sites excluding steroid dienone is 2. The van der Waals surface area contributed by atoms with Gasteiger partial charge in [-0.3, -0.25) is 0 Å². The molecule has 0 spiro atoms. The van der Waals surface area contributed by atoms with Crippen LogP contribution in [-0.4, -0.2) is 0 Å². The van der Waals surface area contributed by atoms with Gasteiger partial charge < -0.3 is 0 Å². The Morgan fingerprint density at radius 3 is 2.80 bits per heavy atom. The summed E-state index contributed by atoms with van der Waals surface area (Å²) in [6.07, 6.45) is 14.3. The lowest BCUT2D eigenvalue weighted by Gasteiger charge is -2.07. The fraction of sp³-hybridized carbons (Fsp3) is 0.667. The van der Waals surface area contributed by atoms with Gasteiger partial charge >= 0.3 is 0 Å². The average molecular weight is 155 g/mol. The zero-order valence-corrected chi connectivity index (χ0v) is 7.25. The van der Waals surface area contributed by atoms with E-state index in [1.165, 1.54) is 43.4 Å². The molecule has 0 aromatic heterocycles. The van der Waals surface area contributed by atoms with E-state index in [2.05, 4.69) is 12.3 Å². The lowest BCUT2D eigenvalue weighted by Crippen LogP contribution is -1.85. The van der Waals surface area contributed by atoms with E-state index in [9.17, 15) is 0 Å². The van der Waals surface area contributed by atoms with Crippen LogP contribution in [0.15, 0.2) is 11.0 Å². The van der Waals surface area contributed by atoms with Crippen molar-refractivity contribution in [2.75, 3.05) is 0 Å². The summed E-state index contributed by atoms with van der Waals surface area (Å²) in [6.45, 7) is 0. The Balaban J connectivity index is 2.35. The van der Waals surface area contributed by atoms with Crippen LogP contribution in [0.4, 0.5) is 0 Å². The summed E-state index contributed by atoms with van der Waals surface area (Å²) in [5, 5.41) is 0. The molecule has 0 saturated carbocycles. The molecule has 0 N–H and O–H groups in total. The van der Waals surface area contributed by atoms with E-state index in [1.54, 1.807) is 11.8 Å². The first-order valence-corrected chi connectivity index (χ1v) is 5.03. The van der Waals surface area contributed by atoms with Gasteiger partial charge in [-0.1, -0.05) is 18.9 Å². The zero-order chi connectivity index (χ0) is 7.23. The molecule has 0 heterocycles. The minimum Gasteiger partial charge on any atom is -0.130 e. The van der Waals surface area contributed by atoms with Crippen LogP contribution in [-0.2, 0) is 0 Å². The van der Waals surface area contributed by atoms with Crippen LogP contribution < -0.4 is 0 Å². The highest BCUT2D eigenvalue weighted by atomic mass is 32.2. The molecule has 1 aliphatic carbocycles. The molecule has 0 nitrogen and oxygen atoms in total. The normalized spacial score (nSPS) is 26.3. The quantitative estimate of drug-likeness (QED) is 0.555. The van der Waals surface area contributed by atoms with Crippen LogP contribution in [0.3, 0.4) is 0 Å². The van der Waals surface area contributed by atoms with Crippen LogP contribution in [0.25, 0.3) is 0 Å². The first kappa shape index (κ1) is 8.19. The molecule has 0 atom stereocenters. The number of hydrogen-bond acceptors (Lipinski definition) is 1. The van der Waals surface area contributed by atoms with Gasteiger partial charge in [-0.05, 0) is 30.6 Å². The Morgan fingerprint density at radius 1 is 1.20 bits per heavy atom. The van der Waals surface area contributed by atoms with Crippen molar-refractivity contribution < 1.29 is 0 Å². The van der Waals surface area contributed by atoms with Crippen molar-refractivity contribution in [2.24, 2.45) is 0 Å². The molecule has 1 heteroatoms. The Labute approximate surface area is 68.1 Å². The molecule has 10 heavy (non-hydrogen) atoms. The van der Waals surface area contributed by atoms with E-state index in [1.807, 2.05) is 0 Å². The highest BCUT2D eigenvalue weighted by Gasteiger charge is 1.99. The smallest absolute Gasteiger partial charge is 0.00711 e. The van der Waals surface area contributed by atoms with E-state index < -0.39 is 0 Å². The van der Waals surface area contributed by atoms with Crippen molar-refractivity contribution in [1.29, 1.82) is 0 Å². The zero-order valence-electron chi connectivity index (χ0n) is 6.44. The molecule has 0 bridgehead atoms. The van der Waals surface area contributed by atoms with Gasteiger partial charge in [0.2, 0.25) is 0 Å². The summed E-state index contributed by atoms with van der Waals surface area (Å²) >= 11 is 1.68. The standard InChI is InChI=1S/C9H15S/c1-10-9-7-5-3-2-4-6-8-9/h7H,1-6,8H2/b9-7+. The summed E-state index contributed by atoms with van der Waals surface area (Å²) in [4.78, 5) is 1.50. The summed E-state index contributed by atoms with van der Waals surface area (Å²) in [5.74, 6) is 0. The predicted molar refractivity (Wildman–Crippen MR) is 48.7 cm³/mol. The van der Waals surface area contributed by atoms with Gasteiger partial charge in [0.15, 0.2) is 0 Å². The second kappa shape index (κ2) is 4.84. The monoisotopic (exact) mass is 155 g/mol. The minimum atomic E-state index is 1.27. The van der Waals surface area contributed by atoms with Crippen LogP contribution in [0.1, 0.15) is 38.5 Å². The number of thioether (sulfide) groups is 1. The molecule has 1 radical (unpaired) electrons. The van der Waals surface area contributed by atoms with Gasteiger partial charge in [0, 0.05) is 6.26 Å². The highest BCUT2D eigenvalue weighted by molar-refractivity contribution is 8.04. The summed E-state index contributed by atoms with van der Waals surface area (Å²) in [5.41, 5.74) is 0. The van der Waals surface area contributed by atoms with Crippen molar-refractivity contribution in [2.45, 2.75) is 38.5 Å². The Morgan fingerprint density at radius 2 is 2.00 bits per heavy atom. The van der Waals surface area contributed by atoms with Crippen LogP contribution in [0, 0.1) is 6.26 Å². The molecular formula is C9H15S. The molecule has 0 amide bonds. The van der Waals surface area contributed by atoms with E-state index in [0.29, 0.717) is 0 Å². The topological polar surface area (TPSA) is 0 Å². The molecule has 0 aromatic rings. The van der Waals surface area contributed by atoms with E-state index >= 15 is 0 Å². The molecule has 0 aromatic carbocycles. The van der Waals surface area contributed by atoms with Crippen LogP contribution in [0.2, 0.25) is 0 Å². The summed E-state index contributed by atoms with van der Waals surface area (Å²) < 4.78 is 0. The highest BCUT2D eigenvalue weighted by Crippen LogP contribution is 2.24. The van der Waals surface area contributed by atoms with E-state index in [4.69, 9.17) is 0 Å². The SMILES string of the molecule is [CH2]S/C1=C/CCCCCC1. The molecule has 1 rings (SSSR count). The lowest BCUT2D eigenvalue weighted by molar-refractivity contribution is 0.635. The molecule has 0 fully saturated rings. The van der Waals surface area contributed by atoms with Crippen molar-refractivity contribution in [1.82, 2.24) is 0 Å². The fourth-order valence-corrected chi connectivity index (χ4v) is 1.82. The molecular weight excluding hydrogens is 140 g/mol. The maximum Gasteiger partial charge on any atom is 0.00711 e. The molecule has 57 valence electrons.